The fourth-order valence-corrected chi connectivity index (χ4v) is 6.49. The molecule has 2 amide bonds. The van der Waals surface area contributed by atoms with Crippen LogP contribution in [0.15, 0.2) is 53.4 Å². The van der Waals surface area contributed by atoms with Crippen molar-refractivity contribution in [3.8, 4) is 0 Å². The van der Waals surface area contributed by atoms with Gasteiger partial charge in [-0.2, -0.15) is 0 Å². The first-order valence-corrected chi connectivity index (χ1v) is 15.1. The zero-order valence-corrected chi connectivity index (χ0v) is 25.3. The van der Waals surface area contributed by atoms with E-state index in [0.717, 1.165) is 26.7 Å². The molecule has 1 aliphatic rings. The first-order chi connectivity index (χ1) is 19.6. The van der Waals surface area contributed by atoms with Gasteiger partial charge in [-0.3, -0.25) is 14.4 Å². The molecule has 41 heavy (non-hydrogen) atoms. The van der Waals surface area contributed by atoms with E-state index in [-0.39, 0.29) is 30.0 Å². The Labute approximate surface area is 252 Å². The van der Waals surface area contributed by atoms with E-state index in [4.69, 9.17) is 17.0 Å². The normalized spacial score (nSPS) is 12.2. The van der Waals surface area contributed by atoms with E-state index in [1.54, 1.807) is 36.1 Å². The lowest BCUT2D eigenvalue weighted by Gasteiger charge is -2.25. The minimum absolute atomic E-state index is 0.00444. The molecular weight excluding hydrogens is 581 g/mol. The number of thiocarbonyl (C=S) groups is 1. The van der Waals surface area contributed by atoms with Crippen molar-refractivity contribution in [3.05, 3.63) is 70.1 Å². The maximum atomic E-state index is 12.9. The summed E-state index contributed by atoms with van der Waals surface area (Å²) in [7, 11) is 0. The van der Waals surface area contributed by atoms with Crippen molar-refractivity contribution < 1.29 is 23.9 Å². The van der Waals surface area contributed by atoms with E-state index in [0.29, 0.717) is 40.8 Å². The predicted molar refractivity (Wildman–Crippen MR) is 167 cm³/mol. The van der Waals surface area contributed by atoms with Gasteiger partial charge in [0.2, 0.25) is 11.8 Å². The smallest absolute Gasteiger partial charge is 0.341 e. The van der Waals surface area contributed by atoms with Gasteiger partial charge in [0.25, 0.3) is 0 Å². The Bertz CT molecular complexity index is 1490. The maximum Gasteiger partial charge on any atom is 0.341 e. The van der Waals surface area contributed by atoms with Gasteiger partial charge in [0.1, 0.15) is 5.00 Å². The number of Topliss-reactive ketones (excluding diaryl/α,β-unsaturated/α-hetero) is 1. The van der Waals surface area contributed by atoms with Crippen molar-refractivity contribution in [1.29, 1.82) is 0 Å². The SMILES string of the molecule is CCOC(=O)c1c(NC(=O)CSc2cccc(NC(=S)Nc3ccc(C(C)=O)cc3)c2)sc2c1CCN(C(C)=O)C2. The lowest BCUT2D eigenvalue weighted by atomic mass is 10.0. The van der Waals surface area contributed by atoms with Gasteiger partial charge in [-0.25, -0.2) is 4.79 Å². The number of amides is 2. The molecule has 0 saturated heterocycles. The monoisotopic (exact) mass is 610 g/mol. The summed E-state index contributed by atoms with van der Waals surface area (Å²) in [5, 5.41) is 9.95. The quantitative estimate of drug-likeness (QED) is 0.124. The summed E-state index contributed by atoms with van der Waals surface area (Å²) in [4.78, 5) is 52.5. The molecule has 3 aromatic rings. The molecule has 0 bridgehead atoms. The molecule has 0 radical (unpaired) electrons. The van der Waals surface area contributed by atoms with Crippen LogP contribution in [0.1, 0.15) is 51.9 Å². The molecule has 0 fully saturated rings. The number of rotatable bonds is 9. The molecule has 9 nitrogen and oxygen atoms in total. The molecular formula is C29H30N4O5S3. The number of anilines is 3. The standard InChI is InChI=1S/C29H30N4O5S3/c1-4-38-28(37)26-23-12-13-33(18(3)35)15-24(23)41-27(26)32-25(36)16-40-22-7-5-6-21(14-22)31-29(39)30-20-10-8-19(9-11-20)17(2)34/h5-11,14H,4,12-13,15-16H2,1-3H3,(H,32,36)(H2,30,31,39). The molecule has 0 saturated carbocycles. The van der Waals surface area contributed by atoms with Crippen LogP contribution in [0.4, 0.5) is 16.4 Å². The summed E-state index contributed by atoms with van der Waals surface area (Å²) < 4.78 is 5.27. The minimum Gasteiger partial charge on any atom is -0.462 e. The molecule has 0 aliphatic carbocycles. The van der Waals surface area contributed by atoms with Crippen LogP contribution < -0.4 is 16.0 Å². The molecule has 2 heterocycles. The Morgan fingerprint density at radius 3 is 2.44 bits per heavy atom. The van der Waals surface area contributed by atoms with E-state index in [2.05, 4.69) is 16.0 Å². The van der Waals surface area contributed by atoms with Gasteiger partial charge in [0.15, 0.2) is 10.9 Å². The van der Waals surface area contributed by atoms with Crippen molar-refractivity contribution in [2.45, 2.75) is 38.6 Å². The third-order valence-corrected chi connectivity index (χ3v) is 8.58. The zero-order valence-electron chi connectivity index (χ0n) is 22.9. The van der Waals surface area contributed by atoms with Gasteiger partial charge >= 0.3 is 5.97 Å². The van der Waals surface area contributed by atoms with Crippen molar-refractivity contribution in [1.82, 2.24) is 4.90 Å². The number of fused-ring (bicyclic) bond motifs is 1. The first-order valence-electron chi connectivity index (χ1n) is 12.9. The number of nitrogens with one attached hydrogen (secondary N) is 3. The topological polar surface area (TPSA) is 117 Å². The minimum atomic E-state index is -0.470. The van der Waals surface area contributed by atoms with Crippen molar-refractivity contribution in [2.75, 3.05) is 34.9 Å². The lowest BCUT2D eigenvalue weighted by molar-refractivity contribution is -0.129. The van der Waals surface area contributed by atoms with Gasteiger partial charge in [0, 0.05) is 40.2 Å². The zero-order chi connectivity index (χ0) is 29.5. The average molecular weight is 611 g/mol. The molecule has 1 aromatic heterocycles. The van der Waals surface area contributed by atoms with E-state index >= 15 is 0 Å². The number of hydrogen-bond acceptors (Lipinski definition) is 8. The second-order valence-corrected chi connectivity index (χ2v) is 11.8. The Morgan fingerprint density at radius 1 is 1.02 bits per heavy atom. The third-order valence-electron chi connectivity index (χ3n) is 6.25. The third kappa shape index (κ3) is 7.93. The van der Waals surface area contributed by atoms with E-state index < -0.39 is 5.97 Å². The molecule has 4 rings (SSSR count). The fraction of sp³-hybridized carbons (Fsp3) is 0.276. The van der Waals surface area contributed by atoms with Crippen LogP contribution in [-0.4, -0.2) is 52.5 Å². The van der Waals surface area contributed by atoms with Crippen LogP contribution in [0.3, 0.4) is 0 Å². The molecule has 12 heteroatoms. The Kier molecular flexibility index (Phi) is 10.1. The largest absolute Gasteiger partial charge is 0.462 e. The van der Waals surface area contributed by atoms with Crippen molar-refractivity contribution >= 4 is 80.4 Å². The van der Waals surface area contributed by atoms with Crippen LogP contribution in [0.5, 0.6) is 0 Å². The maximum absolute atomic E-state index is 12.9. The molecule has 1 aliphatic heterocycles. The number of ketones is 1. The first kappa shape index (κ1) is 30.2. The predicted octanol–water partition coefficient (Wildman–Crippen LogP) is 5.57. The molecule has 214 valence electrons. The number of carbonyl (C=O) groups is 4. The van der Waals surface area contributed by atoms with Crippen molar-refractivity contribution in [3.63, 3.8) is 0 Å². The van der Waals surface area contributed by atoms with Crippen LogP contribution >= 0.6 is 35.3 Å². The highest BCUT2D eigenvalue weighted by Gasteiger charge is 2.30. The van der Waals surface area contributed by atoms with E-state index in [9.17, 15) is 19.2 Å². The lowest BCUT2D eigenvalue weighted by Crippen LogP contribution is -2.34. The number of hydrogen-bond donors (Lipinski definition) is 3. The second-order valence-electron chi connectivity index (χ2n) is 9.20. The number of carbonyl (C=O) groups excluding carboxylic acids is 4. The highest BCUT2D eigenvalue weighted by molar-refractivity contribution is 8.00. The van der Waals surface area contributed by atoms with Crippen LogP contribution in [0, 0.1) is 0 Å². The number of esters is 1. The summed E-state index contributed by atoms with van der Waals surface area (Å²) in [5.41, 5.74) is 3.35. The van der Waals surface area contributed by atoms with Gasteiger partial charge in [-0.05, 0) is 80.5 Å². The molecule has 3 N–H and O–H groups in total. The molecule has 0 spiro atoms. The van der Waals surface area contributed by atoms with Crippen molar-refractivity contribution in [2.24, 2.45) is 0 Å². The summed E-state index contributed by atoms with van der Waals surface area (Å²) in [6.07, 6.45) is 0.532. The number of ether oxygens (including phenoxy) is 1. The van der Waals surface area contributed by atoms with Gasteiger partial charge < -0.3 is 25.6 Å². The summed E-state index contributed by atoms with van der Waals surface area (Å²) in [6, 6.07) is 14.5. The molecule has 0 unspecified atom stereocenters. The van der Waals surface area contributed by atoms with Gasteiger partial charge in [-0.15, -0.1) is 23.1 Å². The van der Waals surface area contributed by atoms with Crippen LogP contribution in [0.2, 0.25) is 0 Å². The highest BCUT2D eigenvalue weighted by Crippen LogP contribution is 2.38. The van der Waals surface area contributed by atoms with Gasteiger partial charge in [0.05, 0.1) is 24.5 Å². The summed E-state index contributed by atoms with van der Waals surface area (Å²) in [5.74, 6) is -0.635. The summed E-state index contributed by atoms with van der Waals surface area (Å²) in [6.45, 7) is 5.93. The Hall–Kier alpha value is -3.74. The summed E-state index contributed by atoms with van der Waals surface area (Å²) >= 11 is 8.08. The number of thioether (sulfide) groups is 1. The highest BCUT2D eigenvalue weighted by atomic mass is 32.2. The van der Waals surface area contributed by atoms with Gasteiger partial charge in [-0.1, -0.05) is 6.07 Å². The van der Waals surface area contributed by atoms with E-state index in [1.807, 2.05) is 24.3 Å². The number of thiophene rings is 1. The van der Waals surface area contributed by atoms with Crippen LogP contribution in [-0.2, 0) is 27.3 Å². The number of nitrogens with zero attached hydrogens (tertiary/aromatic N) is 1. The fourth-order valence-electron chi connectivity index (χ4n) is 4.24. The second kappa shape index (κ2) is 13.7. The molecule has 0 atom stereocenters. The number of benzene rings is 2. The Morgan fingerprint density at radius 2 is 1.76 bits per heavy atom. The van der Waals surface area contributed by atoms with Crippen LogP contribution in [0.25, 0.3) is 0 Å². The van der Waals surface area contributed by atoms with E-state index in [1.165, 1.54) is 36.9 Å². The average Bonchev–Trinajstić information content (AvgIpc) is 3.29. The Balaban J connectivity index is 1.37. The molecule has 2 aromatic carbocycles.